The summed E-state index contributed by atoms with van der Waals surface area (Å²) in [6.45, 7) is 1.49. The Hall–Kier alpha value is -1.29. The van der Waals surface area contributed by atoms with Crippen LogP contribution in [-0.4, -0.2) is 29.7 Å². The first-order valence-electron chi connectivity index (χ1n) is 6.79. The number of nitrogens with zero attached hydrogens (tertiary/aromatic N) is 1. The Morgan fingerprint density at radius 1 is 1.28 bits per heavy atom. The lowest BCUT2D eigenvalue weighted by atomic mass is 9.86. The second kappa shape index (κ2) is 4.76. The molecule has 18 heavy (non-hydrogen) atoms. The summed E-state index contributed by atoms with van der Waals surface area (Å²) in [5.41, 5.74) is -0.0826. The number of rotatable bonds is 4. The highest BCUT2D eigenvalue weighted by molar-refractivity contribution is 5.77. The molecule has 0 spiro atoms. The zero-order valence-corrected chi connectivity index (χ0v) is 10.6. The fourth-order valence-electron chi connectivity index (χ4n) is 2.73. The van der Waals surface area contributed by atoms with Crippen molar-refractivity contribution < 1.29 is 9.53 Å². The van der Waals surface area contributed by atoms with Gasteiger partial charge in [0.25, 0.3) is 0 Å². The highest BCUT2D eigenvalue weighted by atomic mass is 16.5. The fourth-order valence-corrected chi connectivity index (χ4v) is 2.73. The van der Waals surface area contributed by atoms with Crippen LogP contribution in [0.25, 0.3) is 0 Å². The summed E-state index contributed by atoms with van der Waals surface area (Å²) in [5.74, 6) is 0.188. The van der Waals surface area contributed by atoms with E-state index in [0.717, 1.165) is 38.9 Å². The highest BCUT2D eigenvalue weighted by Gasteiger charge is 2.37. The Morgan fingerprint density at radius 3 is 2.56 bits per heavy atom. The predicted octanol–water partition coefficient (Wildman–Crippen LogP) is 1.66. The summed E-state index contributed by atoms with van der Waals surface area (Å²) in [6, 6.07) is 4.49. The molecule has 0 unspecified atom stereocenters. The van der Waals surface area contributed by atoms with E-state index in [1.54, 1.807) is 0 Å². The quantitative estimate of drug-likeness (QED) is 0.880. The van der Waals surface area contributed by atoms with E-state index in [-0.39, 0.29) is 11.4 Å². The van der Waals surface area contributed by atoms with Crippen molar-refractivity contribution in [3.8, 4) is 0 Å². The number of hydrogen-bond donors (Lipinski definition) is 1. The van der Waals surface area contributed by atoms with Crippen molar-refractivity contribution >= 4 is 5.91 Å². The van der Waals surface area contributed by atoms with E-state index >= 15 is 0 Å². The van der Waals surface area contributed by atoms with Gasteiger partial charge in [-0.15, -0.1) is 0 Å². The molecule has 1 aromatic heterocycles. The predicted molar refractivity (Wildman–Crippen MR) is 68.2 cm³/mol. The Morgan fingerprint density at radius 2 is 1.94 bits per heavy atom. The molecule has 1 N–H and O–H groups in total. The Bertz CT molecular complexity index is 403. The van der Waals surface area contributed by atoms with Crippen LogP contribution < -0.4 is 5.32 Å². The summed E-state index contributed by atoms with van der Waals surface area (Å²) >= 11 is 0. The maximum atomic E-state index is 12.1. The lowest BCUT2D eigenvalue weighted by molar-refractivity contribution is -0.124. The van der Waals surface area contributed by atoms with E-state index in [9.17, 15) is 4.79 Å². The molecule has 0 bridgehead atoms. The van der Waals surface area contributed by atoms with Crippen LogP contribution >= 0.6 is 0 Å². The summed E-state index contributed by atoms with van der Waals surface area (Å²) in [4.78, 5) is 12.1. The van der Waals surface area contributed by atoms with Gasteiger partial charge in [0.05, 0.1) is 12.0 Å². The Kier molecular flexibility index (Phi) is 3.12. The largest absolute Gasteiger partial charge is 0.381 e. The minimum Gasteiger partial charge on any atom is -0.381 e. The molecule has 1 amide bonds. The van der Waals surface area contributed by atoms with Gasteiger partial charge >= 0.3 is 0 Å². The first-order chi connectivity index (χ1) is 8.78. The van der Waals surface area contributed by atoms with Gasteiger partial charge in [-0.2, -0.15) is 0 Å². The lowest BCUT2D eigenvalue weighted by Gasteiger charge is -2.38. The van der Waals surface area contributed by atoms with Crippen molar-refractivity contribution in [2.75, 3.05) is 13.2 Å². The van der Waals surface area contributed by atoms with Crippen LogP contribution in [0.2, 0.25) is 0 Å². The van der Waals surface area contributed by atoms with Crippen LogP contribution in [0, 0.1) is 0 Å². The smallest absolute Gasteiger partial charge is 0.222 e. The van der Waals surface area contributed by atoms with E-state index in [0.29, 0.717) is 12.5 Å². The second-order valence-electron chi connectivity index (χ2n) is 5.45. The van der Waals surface area contributed by atoms with E-state index in [1.807, 2.05) is 12.1 Å². The van der Waals surface area contributed by atoms with E-state index in [2.05, 4.69) is 22.3 Å². The molecule has 4 heteroatoms. The standard InChI is InChI=1S/C14H20N2O2/c17-13(15-12-3-4-12)11-14(5-9-18-10-6-14)16-7-1-2-8-16/h1-2,7-8,12H,3-6,9-11H2,(H,15,17). The maximum Gasteiger partial charge on any atom is 0.222 e. The first kappa shape index (κ1) is 11.8. The molecule has 1 aliphatic carbocycles. The van der Waals surface area contributed by atoms with Gasteiger partial charge in [-0.1, -0.05) is 0 Å². The Labute approximate surface area is 107 Å². The fraction of sp³-hybridized carbons (Fsp3) is 0.643. The monoisotopic (exact) mass is 248 g/mol. The summed E-state index contributed by atoms with van der Waals surface area (Å²) < 4.78 is 7.65. The topological polar surface area (TPSA) is 43.3 Å². The number of hydrogen-bond acceptors (Lipinski definition) is 2. The minimum absolute atomic E-state index is 0.0826. The van der Waals surface area contributed by atoms with Crippen LogP contribution in [-0.2, 0) is 15.1 Å². The molecule has 2 aliphatic rings. The molecule has 1 saturated heterocycles. The molecule has 2 heterocycles. The number of ether oxygens (including phenoxy) is 1. The number of amides is 1. The maximum absolute atomic E-state index is 12.1. The summed E-state index contributed by atoms with van der Waals surface area (Å²) in [7, 11) is 0. The number of nitrogens with one attached hydrogen (secondary N) is 1. The molecule has 98 valence electrons. The third-order valence-electron chi connectivity index (χ3n) is 4.01. The average Bonchev–Trinajstić information content (AvgIpc) is 3.00. The van der Waals surface area contributed by atoms with Gasteiger partial charge in [0.2, 0.25) is 5.91 Å². The SMILES string of the molecule is O=C(CC1(n2cccc2)CCOCC1)NC1CC1. The summed E-state index contributed by atoms with van der Waals surface area (Å²) in [6.07, 6.45) is 8.82. The number of aromatic nitrogens is 1. The van der Waals surface area contributed by atoms with Crippen molar-refractivity contribution in [2.45, 2.75) is 43.7 Å². The van der Waals surface area contributed by atoms with E-state index in [4.69, 9.17) is 4.74 Å². The van der Waals surface area contributed by atoms with Crippen LogP contribution in [0.5, 0.6) is 0 Å². The molecule has 3 rings (SSSR count). The van der Waals surface area contributed by atoms with Gasteiger partial charge < -0.3 is 14.6 Å². The first-order valence-corrected chi connectivity index (χ1v) is 6.79. The van der Waals surface area contributed by atoms with E-state index < -0.39 is 0 Å². The van der Waals surface area contributed by atoms with Crippen molar-refractivity contribution in [3.63, 3.8) is 0 Å². The van der Waals surface area contributed by atoms with Gasteiger partial charge in [0.1, 0.15) is 0 Å². The van der Waals surface area contributed by atoms with Gasteiger partial charge in [0.15, 0.2) is 0 Å². The second-order valence-corrected chi connectivity index (χ2v) is 5.45. The van der Waals surface area contributed by atoms with Gasteiger partial charge in [-0.25, -0.2) is 0 Å². The number of carbonyl (C=O) groups is 1. The van der Waals surface area contributed by atoms with Gasteiger partial charge in [-0.3, -0.25) is 4.79 Å². The van der Waals surface area contributed by atoms with Crippen molar-refractivity contribution in [1.82, 2.24) is 9.88 Å². The van der Waals surface area contributed by atoms with Crippen molar-refractivity contribution in [3.05, 3.63) is 24.5 Å². The van der Waals surface area contributed by atoms with Crippen LogP contribution in [0.1, 0.15) is 32.1 Å². The van der Waals surface area contributed by atoms with Crippen LogP contribution in [0.15, 0.2) is 24.5 Å². The molecule has 1 aliphatic heterocycles. The molecule has 1 aromatic rings. The third-order valence-corrected chi connectivity index (χ3v) is 4.01. The molecule has 0 radical (unpaired) electrons. The lowest BCUT2D eigenvalue weighted by Crippen LogP contribution is -2.43. The molecule has 4 nitrogen and oxygen atoms in total. The molecule has 2 fully saturated rings. The normalized spacial score (nSPS) is 22.7. The molecule has 1 saturated carbocycles. The highest BCUT2D eigenvalue weighted by Crippen LogP contribution is 2.33. The molecular weight excluding hydrogens is 228 g/mol. The zero-order valence-electron chi connectivity index (χ0n) is 10.6. The van der Waals surface area contributed by atoms with Crippen molar-refractivity contribution in [1.29, 1.82) is 0 Å². The third kappa shape index (κ3) is 2.43. The average molecular weight is 248 g/mol. The van der Waals surface area contributed by atoms with E-state index in [1.165, 1.54) is 0 Å². The van der Waals surface area contributed by atoms with Crippen molar-refractivity contribution in [2.24, 2.45) is 0 Å². The van der Waals surface area contributed by atoms with Crippen LogP contribution in [0.3, 0.4) is 0 Å². The zero-order chi connectivity index (χ0) is 12.4. The molecule has 0 aromatic carbocycles. The molecule has 0 atom stereocenters. The van der Waals surface area contributed by atoms with Crippen LogP contribution in [0.4, 0.5) is 0 Å². The molecular formula is C14H20N2O2. The minimum atomic E-state index is -0.0826. The Balaban J connectivity index is 1.74. The summed E-state index contributed by atoms with van der Waals surface area (Å²) in [5, 5.41) is 3.09. The van der Waals surface area contributed by atoms with Gasteiger partial charge in [-0.05, 0) is 37.8 Å². The number of carbonyl (C=O) groups excluding carboxylic acids is 1. The van der Waals surface area contributed by atoms with Gasteiger partial charge in [0, 0.05) is 31.6 Å².